The number of nitrogen functional groups attached to an aromatic ring is 1. The highest BCUT2D eigenvalue weighted by Gasteiger charge is 2.20. The van der Waals surface area contributed by atoms with Crippen molar-refractivity contribution >= 4 is 27.9 Å². The quantitative estimate of drug-likeness (QED) is 0.787. The molecule has 2 heterocycles. The van der Waals surface area contributed by atoms with Crippen LogP contribution in [0.1, 0.15) is 26.5 Å². The molecule has 0 unspecified atom stereocenters. The molecule has 0 aliphatic rings. The van der Waals surface area contributed by atoms with Gasteiger partial charge in [0.25, 0.3) is 5.91 Å². The Bertz CT molecular complexity index is 724. The molecular formula is C13H16N6OS. The lowest BCUT2D eigenvalue weighted by Crippen LogP contribution is -2.17. The molecule has 0 aliphatic carbocycles. The van der Waals surface area contributed by atoms with Crippen LogP contribution < -0.4 is 16.4 Å². The first-order valence-corrected chi connectivity index (χ1v) is 7.07. The van der Waals surface area contributed by atoms with Gasteiger partial charge < -0.3 is 16.4 Å². The van der Waals surface area contributed by atoms with Crippen LogP contribution in [0.25, 0.3) is 0 Å². The first-order valence-electron chi connectivity index (χ1n) is 6.25. The summed E-state index contributed by atoms with van der Waals surface area (Å²) in [7, 11) is 3.39. The van der Waals surface area contributed by atoms with E-state index < -0.39 is 0 Å². The second-order valence-electron chi connectivity index (χ2n) is 4.47. The molecule has 0 radical (unpaired) electrons. The highest BCUT2D eigenvalue weighted by atomic mass is 32.1. The van der Waals surface area contributed by atoms with Crippen molar-refractivity contribution in [3.63, 3.8) is 0 Å². The van der Waals surface area contributed by atoms with Crippen LogP contribution in [0.15, 0.2) is 6.20 Å². The summed E-state index contributed by atoms with van der Waals surface area (Å²) in [5.74, 6) is -0.292. The minimum absolute atomic E-state index is 0.215. The average Bonchev–Trinajstić information content (AvgIpc) is 2.97. The second-order valence-corrected chi connectivity index (χ2v) is 5.49. The monoisotopic (exact) mass is 304 g/mol. The summed E-state index contributed by atoms with van der Waals surface area (Å²) in [5.41, 5.74) is 8.45. The zero-order chi connectivity index (χ0) is 15.6. The third-order valence-electron chi connectivity index (χ3n) is 3.27. The molecule has 0 atom stereocenters. The number of aryl methyl sites for hydroxylation is 1. The predicted molar refractivity (Wildman–Crippen MR) is 82.1 cm³/mol. The van der Waals surface area contributed by atoms with E-state index in [0.717, 1.165) is 11.3 Å². The van der Waals surface area contributed by atoms with Gasteiger partial charge in [0.05, 0.1) is 11.9 Å². The first-order chi connectivity index (χ1) is 9.99. The topological polar surface area (TPSA) is 109 Å². The van der Waals surface area contributed by atoms with Gasteiger partial charge in [-0.25, -0.2) is 0 Å². The van der Waals surface area contributed by atoms with Crippen LogP contribution in [0, 0.1) is 18.3 Å². The Morgan fingerprint density at radius 1 is 1.62 bits per heavy atom. The fraction of sp³-hybridized carbons (Fsp3) is 0.308. The van der Waals surface area contributed by atoms with Gasteiger partial charge in [-0.2, -0.15) is 10.4 Å². The molecule has 8 heteroatoms. The summed E-state index contributed by atoms with van der Waals surface area (Å²) in [6.45, 7) is 2.48. The standard InChI is InChI=1S/C13H16N6OS/c1-7-8(6-18-19(7)3)5-17-13-9(4-14)10(15)11(21-13)12(20)16-2/h6,17H,5,15H2,1-3H3,(H,16,20). The van der Waals surface area contributed by atoms with E-state index in [1.165, 1.54) is 18.4 Å². The number of hydrogen-bond acceptors (Lipinski definition) is 6. The number of nitrogens with zero attached hydrogens (tertiary/aromatic N) is 3. The minimum atomic E-state index is -0.292. The normalized spacial score (nSPS) is 10.2. The molecule has 1 amide bonds. The summed E-state index contributed by atoms with van der Waals surface area (Å²) in [6.07, 6.45) is 1.77. The number of carbonyl (C=O) groups is 1. The molecule has 0 saturated carbocycles. The molecule has 0 spiro atoms. The number of aromatic nitrogens is 2. The van der Waals surface area contributed by atoms with Gasteiger partial charge in [0, 0.05) is 31.9 Å². The third-order valence-corrected chi connectivity index (χ3v) is 4.43. The molecule has 2 aromatic rings. The van der Waals surface area contributed by atoms with Crippen LogP contribution >= 0.6 is 11.3 Å². The Balaban J connectivity index is 2.26. The molecular weight excluding hydrogens is 288 g/mol. The molecule has 110 valence electrons. The van der Waals surface area contributed by atoms with E-state index in [1.54, 1.807) is 10.9 Å². The number of amides is 1. The van der Waals surface area contributed by atoms with Crippen LogP contribution in [0.4, 0.5) is 10.7 Å². The van der Waals surface area contributed by atoms with Crippen LogP contribution in [0.5, 0.6) is 0 Å². The Hall–Kier alpha value is -2.53. The molecule has 0 aliphatic heterocycles. The number of carbonyl (C=O) groups excluding carboxylic acids is 1. The van der Waals surface area contributed by atoms with Crippen LogP contribution in [-0.4, -0.2) is 22.7 Å². The number of rotatable bonds is 4. The molecule has 7 nitrogen and oxygen atoms in total. The lowest BCUT2D eigenvalue weighted by Gasteiger charge is -2.04. The number of thiophene rings is 1. The minimum Gasteiger partial charge on any atom is -0.396 e. The Kier molecular flexibility index (Phi) is 4.14. The maximum Gasteiger partial charge on any atom is 0.263 e. The highest BCUT2D eigenvalue weighted by Crippen LogP contribution is 2.35. The Morgan fingerprint density at radius 2 is 2.33 bits per heavy atom. The Labute approximate surface area is 126 Å². The van der Waals surface area contributed by atoms with Crippen molar-refractivity contribution in [1.29, 1.82) is 5.26 Å². The first kappa shape index (κ1) is 14.9. The summed E-state index contributed by atoms with van der Waals surface area (Å²) >= 11 is 1.18. The highest BCUT2D eigenvalue weighted by molar-refractivity contribution is 7.18. The van der Waals surface area contributed by atoms with Gasteiger partial charge in [0.2, 0.25) is 0 Å². The molecule has 0 bridgehead atoms. The van der Waals surface area contributed by atoms with Gasteiger partial charge in [0.15, 0.2) is 0 Å². The van der Waals surface area contributed by atoms with Gasteiger partial charge in [-0.05, 0) is 6.92 Å². The van der Waals surface area contributed by atoms with E-state index in [1.807, 2.05) is 20.0 Å². The lowest BCUT2D eigenvalue weighted by molar-refractivity contribution is 0.0968. The third kappa shape index (κ3) is 2.68. The molecule has 0 saturated heterocycles. The van der Waals surface area contributed by atoms with Crippen molar-refractivity contribution in [3.8, 4) is 6.07 Å². The van der Waals surface area contributed by atoms with Crippen LogP contribution in [-0.2, 0) is 13.6 Å². The van der Waals surface area contributed by atoms with E-state index >= 15 is 0 Å². The number of nitriles is 1. The lowest BCUT2D eigenvalue weighted by atomic mass is 10.2. The van der Waals surface area contributed by atoms with Gasteiger partial charge in [-0.3, -0.25) is 9.48 Å². The molecule has 21 heavy (non-hydrogen) atoms. The maximum absolute atomic E-state index is 11.7. The molecule has 0 fully saturated rings. The van der Waals surface area contributed by atoms with Gasteiger partial charge >= 0.3 is 0 Å². The second kappa shape index (κ2) is 5.85. The van der Waals surface area contributed by atoms with Crippen molar-refractivity contribution < 1.29 is 4.79 Å². The smallest absolute Gasteiger partial charge is 0.263 e. The van der Waals surface area contributed by atoms with Gasteiger partial charge in [-0.15, -0.1) is 11.3 Å². The van der Waals surface area contributed by atoms with Gasteiger partial charge in [0.1, 0.15) is 21.5 Å². The largest absolute Gasteiger partial charge is 0.396 e. The number of nitrogens with two attached hydrogens (primary N) is 1. The molecule has 2 aromatic heterocycles. The van der Waals surface area contributed by atoms with E-state index in [4.69, 9.17) is 5.73 Å². The summed E-state index contributed by atoms with van der Waals surface area (Å²) < 4.78 is 1.78. The van der Waals surface area contributed by atoms with E-state index in [2.05, 4.69) is 15.7 Å². The van der Waals surface area contributed by atoms with E-state index in [0.29, 0.717) is 22.0 Å². The molecule has 2 rings (SSSR count). The molecule has 4 N–H and O–H groups in total. The summed E-state index contributed by atoms with van der Waals surface area (Å²) in [4.78, 5) is 12.1. The fourth-order valence-corrected chi connectivity index (χ4v) is 2.87. The van der Waals surface area contributed by atoms with Crippen molar-refractivity contribution in [2.24, 2.45) is 7.05 Å². The predicted octanol–water partition coefficient (Wildman–Crippen LogP) is 1.22. The Morgan fingerprint density at radius 3 is 2.86 bits per heavy atom. The van der Waals surface area contributed by atoms with Crippen molar-refractivity contribution in [3.05, 3.63) is 27.9 Å². The van der Waals surface area contributed by atoms with E-state index in [9.17, 15) is 10.1 Å². The van der Waals surface area contributed by atoms with Gasteiger partial charge in [-0.1, -0.05) is 0 Å². The number of nitrogens with one attached hydrogen (secondary N) is 2. The number of hydrogen-bond donors (Lipinski definition) is 3. The van der Waals surface area contributed by atoms with Crippen molar-refractivity contribution in [2.75, 3.05) is 18.1 Å². The van der Waals surface area contributed by atoms with Crippen molar-refractivity contribution in [1.82, 2.24) is 15.1 Å². The number of anilines is 2. The fourth-order valence-electron chi connectivity index (χ4n) is 1.85. The molecule has 0 aromatic carbocycles. The zero-order valence-electron chi connectivity index (χ0n) is 12.0. The van der Waals surface area contributed by atoms with E-state index in [-0.39, 0.29) is 11.6 Å². The van der Waals surface area contributed by atoms with Crippen LogP contribution in [0.2, 0.25) is 0 Å². The zero-order valence-corrected chi connectivity index (χ0v) is 12.8. The van der Waals surface area contributed by atoms with Crippen LogP contribution in [0.3, 0.4) is 0 Å². The van der Waals surface area contributed by atoms with Crippen molar-refractivity contribution in [2.45, 2.75) is 13.5 Å². The maximum atomic E-state index is 11.7. The average molecular weight is 304 g/mol. The summed E-state index contributed by atoms with van der Waals surface area (Å²) in [6, 6.07) is 2.04. The SMILES string of the molecule is CNC(=O)c1sc(NCc2cnn(C)c2C)c(C#N)c1N. The summed E-state index contributed by atoms with van der Waals surface area (Å²) in [5, 5.41) is 19.6.